The van der Waals surface area contributed by atoms with Crippen LogP contribution in [-0.2, 0) is 12.2 Å². The molecule has 0 N–H and O–H groups in total. The van der Waals surface area contributed by atoms with E-state index in [1.54, 1.807) is 0 Å². The first-order chi connectivity index (χ1) is 10.9. The maximum absolute atomic E-state index is 4.49. The molecule has 3 aromatic rings. The van der Waals surface area contributed by atoms with Crippen LogP contribution >= 0.6 is 11.8 Å². The number of thioether (sulfide) groups is 1. The van der Waals surface area contributed by atoms with Crippen molar-refractivity contribution < 1.29 is 0 Å². The van der Waals surface area contributed by atoms with Crippen molar-refractivity contribution in [1.29, 1.82) is 0 Å². The molecule has 22 heavy (non-hydrogen) atoms. The highest BCUT2D eigenvalue weighted by atomic mass is 32.2. The standard InChI is InChI=1S/C20H19NS/c1-3-9-17(10-4-1)16-22-20(18-11-5-2-6-12-18)15-19-13-7-8-14-21-19/h1-14,20H,15-16H2. The molecule has 1 unspecified atom stereocenters. The summed E-state index contributed by atoms with van der Waals surface area (Å²) in [6.07, 6.45) is 2.83. The van der Waals surface area contributed by atoms with E-state index in [1.165, 1.54) is 11.1 Å². The highest BCUT2D eigenvalue weighted by molar-refractivity contribution is 7.98. The fraction of sp³-hybridized carbons (Fsp3) is 0.150. The van der Waals surface area contributed by atoms with Crippen LogP contribution in [0.3, 0.4) is 0 Å². The Bertz CT molecular complexity index is 668. The molecule has 2 heteroatoms. The third kappa shape index (κ3) is 4.22. The largest absolute Gasteiger partial charge is 0.261 e. The van der Waals surface area contributed by atoms with Gasteiger partial charge in [-0.05, 0) is 23.3 Å². The number of aromatic nitrogens is 1. The van der Waals surface area contributed by atoms with Crippen LogP contribution in [0.25, 0.3) is 0 Å². The first kappa shape index (κ1) is 14.9. The maximum atomic E-state index is 4.49. The molecule has 0 radical (unpaired) electrons. The minimum atomic E-state index is 0.427. The van der Waals surface area contributed by atoms with E-state index in [9.17, 15) is 0 Å². The Morgan fingerprint density at radius 1 is 0.773 bits per heavy atom. The Hall–Kier alpha value is -2.06. The molecule has 2 aromatic carbocycles. The lowest BCUT2D eigenvalue weighted by molar-refractivity contribution is 0.890. The molecule has 3 rings (SSSR count). The molecule has 0 saturated heterocycles. The zero-order valence-electron chi connectivity index (χ0n) is 12.4. The van der Waals surface area contributed by atoms with Crippen molar-refractivity contribution in [3.63, 3.8) is 0 Å². The van der Waals surface area contributed by atoms with Gasteiger partial charge in [0.25, 0.3) is 0 Å². The molecule has 0 spiro atoms. The topological polar surface area (TPSA) is 12.9 Å². The predicted octanol–water partition coefficient (Wildman–Crippen LogP) is 5.30. The summed E-state index contributed by atoms with van der Waals surface area (Å²) in [7, 11) is 0. The molecular weight excluding hydrogens is 286 g/mol. The summed E-state index contributed by atoms with van der Waals surface area (Å²) in [5.74, 6) is 1.02. The van der Waals surface area contributed by atoms with Crippen molar-refractivity contribution in [3.8, 4) is 0 Å². The van der Waals surface area contributed by atoms with E-state index in [1.807, 2.05) is 24.0 Å². The zero-order valence-corrected chi connectivity index (χ0v) is 13.2. The Balaban J connectivity index is 1.74. The van der Waals surface area contributed by atoms with Gasteiger partial charge in [0.2, 0.25) is 0 Å². The van der Waals surface area contributed by atoms with Gasteiger partial charge in [-0.3, -0.25) is 4.98 Å². The summed E-state index contributed by atoms with van der Waals surface area (Å²) in [6.45, 7) is 0. The third-order valence-corrected chi connectivity index (χ3v) is 4.93. The van der Waals surface area contributed by atoms with E-state index in [-0.39, 0.29) is 0 Å². The lowest BCUT2D eigenvalue weighted by Gasteiger charge is -2.17. The smallest absolute Gasteiger partial charge is 0.0418 e. The van der Waals surface area contributed by atoms with E-state index in [0.717, 1.165) is 17.9 Å². The molecule has 1 nitrogen and oxygen atoms in total. The molecule has 1 heterocycles. The average molecular weight is 305 g/mol. The summed E-state index contributed by atoms with van der Waals surface area (Å²) in [5.41, 5.74) is 3.89. The minimum Gasteiger partial charge on any atom is -0.261 e. The van der Waals surface area contributed by atoms with E-state index in [0.29, 0.717) is 5.25 Å². The van der Waals surface area contributed by atoms with Crippen molar-refractivity contribution in [3.05, 3.63) is 102 Å². The molecule has 1 aromatic heterocycles. The monoisotopic (exact) mass is 305 g/mol. The molecule has 0 saturated carbocycles. The van der Waals surface area contributed by atoms with E-state index >= 15 is 0 Å². The second-order valence-electron chi connectivity index (χ2n) is 5.22. The summed E-state index contributed by atoms with van der Waals surface area (Å²) in [6, 6.07) is 27.5. The SMILES string of the molecule is c1ccc(CSC(Cc2ccccn2)c2ccccc2)cc1. The third-order valence-electron chi connectivity index (χ3n) is 3.59. The Kier molecular flexibility index (Phi) is 5.27. The maximum Gasteiger partial charge on any atom is 0.0418 e. The summed E-state index contributed by atoms with van der Waals surface area (Å²) in [5, 5.41) is 0.427. The molecule has 1 atom stereocenters. The number of pyridine rings is 1. The fourth-order valence-corrected chi connectivity index (χ4v) is 3.64. The van der Waals surface area contributed by atoms with Crippen LogP contribution in [0.2, 0.25) is 0 Å². The van der Waals surface area contributed by atoms with E-state index in [4.69, 9.17) is 0 Å². The predicted molar refractivity (Wildman–Crippen MR) is 94.9 cm³/mol. The molecule has 0 aliphatic heterocycles. The highest BCUT2D eigenvalue weighted by Gasteiger charge is 2.13. The van der Waals surface area contributed by atoms with Gasteiger partial charge in [-0.15, -0.1) is 11.8 Å². The second kappa shape index (κ2) is 7.81. The fourth-order valence-electron chi connectivity index (χ4n) is 2.42. The number of hydrogen-bond donors (Lipinski definition) is 0. The van der Waals surface area contributed by atoms with Gasteiger partial charge in [-0.25, -0.2) is 0 Å². The van der Waals surface area contributed by atoms with Crippen molar-refractivity contribution in [2.24, 2.45) is 0 Å². The number of nitrogens with zero attached hydrogens (tertiary/aromatic N) is 1. The quantitative estimate of drug-likeness (QED) is 0.613. The van der Waals surface area contributed by atoms with Crippen molar-refractivity contribution in [1.82, 2.24) is 4.98 Å². The lowest BCUT2D eigenvalue weighted by Crippen LogP contribution is -2.01. The van der Waals surface area contributed by atoms with Gasteiger partial charge < -0.3 is 0 Å². The van der Waals surface area contributed by atoms with Crippen molar-refractivity contribution >= 4 is 11.8 Å². The number of rotatable bonds is 6. The van der Waals surface area contributed by atoms with Crippen LogP contribution in [0.1, 0.15) is 22.1 Å². The van der Waals surface area contributed by atoms with E-state index in [2.05, 4.69) is 77.8 Å². The van der Waals surface area contributed by atoms with Crippen molar-refractivity contribution in [2.45, 2.75) is 17.4 Å². The average Bonchev–Trinajstić information content (AvgIpc) is 2.61. The molecule has 0 bridgehead atoms. The Morgan fingerprint density at radius 3 is 2.14 bits per heavy atom. The van der Waals surface area contributed by atoms with Crippen molar-refractivity contribution in [2.75, 3.05) is 0 Å². The van der Waals surface area contributed by atoms with Crippen LogP contribution in [0.15, 0.2) is 85.1 Å². The molecule has 110 valence electrons. The van der Waals surface area contributed by atoms with Crippen LogP contribution in [-0.4, -0.2) is 4.98 Å². The molecule has 0 fully saturated rings. The van der Waals surface area contributed by atoms with Crippen LogP contribution in [0.4, 0.5) is 0 Å². The first-order valence-corrected chi connectivity index (χ1v) is 8.57. The van der Waals surface area contributed by atoms with Gasteiger partial charge in [0, 0.05) is 29.3 Å². The van der Waals surface area contributed by atoms with Crippen LogP contribution in [0.5, 0.6) is 0 Å². The number of hydrogen-bond acceptors (Lipinski definition) is 2. The molecular formula is C20H19NS. The summed E-state index contributed by atoms with van der Waals surface area (Å²) in [4.78, 5) is 4.49. The Morgan fingerprint density at radius 2 is 1.45 bits per heavy atom. The van der Waals surface area contributed by atoms with Crippen LogP contribution in [0, 0.1) is 0 Å². The Labute approximate surface area is 136 Å². The zero-order chi connectivity index (χ0) is 15.0. The minimum absolute atomic E-state index is 0.427. The van der Waals surface area contributed by atoms with E-state index < -0.39 is 0 Å². The van der Waals surface area contributed by atoms with Gasteiger partial charge in [0.1, 0.15) is 0 Å². The second-order valence-corrected chi connectivity index (χ2v) is 6.41. The van der Waals surface area contributed by atoms with Crippen LogP contribution < -0.4 is 0 Å². The number of benzene rings is 2. The van der Waals surface area contributed by atoms with Gasteiger partial charge in [-0.1, -0.05) is 66.7 Å². The first-order valence-electron chi connectivity index (χ1n) is 7.52. The van der Waals surface area contributed by atoms with Gasteiger partial charge in [-0.2, -0.15) is 0 Å². The molecule has 0 amide bonds. The summed E-state index contributed by atoms with van der Waals surface area (Å²) < 4.78 is 0. The molecule has 0 aliphatic rings. The van der Waals surface area contributed by atoms with Gasteiger partial charge in [0.15, 0.2) is 0 Å². The molecule has 0 aliphatic carbocycles. The summed E-state index contributed by atoms with van der Waals surface area (Å²) >= 11 is 1.98. The highest BCUT2D eigenvalue weighted by Crippen LogP contribution is 2.34. The van der Waals surface area contributed by atoms with Gasteiger partial charge >= 0.3 is 0 Å². The lowest BCUT2D eigenvalue weighted by atomic mass is 10.1. The van der Waals surface area contributed by atoms with Gasteiger partial charge in [0.05, 0.1) is 0 Å². The normalized spacial score (nSPS) is 12.0.